The van der Waals surface area contributed by atoms with Crippen molar-refractivity contribution in [2.45, 2.75) is 133 Å². The van der Waals surface area contributed by atoms with Gasteiger partial charge in [-0.2, -0.15) is 0 Å². The van der Waals surface area contributed by atoms with Crippen LogP contribution in [0.15, 0.2) is 150 Å². The smallest absolute Gasteiger partial charge is 0.261 e. The maximum atomic E-state index is 15.2. The van der Waals surface area contributed by atoms with Gasteiger partial charge in [-0.1, -0.05) is 170 Å². The highest BCUT2D eigenvalue weighted by Gasteiger charge is 2.52. The first-order chi connectivity index (χ1) is 32.9. The lowest BCUT2D eigenvalue weighted by molar-refractivity contribution is -0.159. The molecule has 0 bridgehead atoms. The topological polar surface area (TPSA) is 135 Å². The Morgan fingerprint density at radius 1 is 0.797 bits per heavy atom. The maximum absolute atomic E-state index is 15.2. The summed E-state index contributed by atoms with van der Waals surface area (Å²) in [6.07, 6.45) is -2.21. The van der Waals surface area contributed by atoms with Crippen molar-refractivity contribution in [2.24, 2.45) is 17.3 Å². The van der Waals surface area contributed by atoms with E-state index in [9.17, 15) is 18.3 Å². The van der Waals surface area contributed by atoms with Crippen molar-refractivity contribution >= 4 is 40.6 Å². The monoisotopic (exact) mass is 976 g/mol. The van der Waals surface area contributed by atoms with Crippen molar-refractivity contribution in [1.29, 1.82) is 0 Å². The Morgan fingerprint density at radius 2 is 1.33 bits per heavy atom. The number of rotatable bonds is 24. The van der Waals surface area contributed by atoms with Gasteiger partial charge in [-0.25, -0.2) is 8.42 Å². The minimum absolute atomic E-state index is 0.0249. The van der Waals surface area contributed by atoms with Crippen LogP contribution in [0.1, 0.15) is 85.3 Å². The van der Waals surface area contributed by atoms with Crippen LogP contribution in [0.25, 0.3) is 0 Å². The molecule has 12 heteroatoms. The number of sulfone groups is 1. The Hall–Kier alpha value is -4.79. The molecule has 0 saturated carbocycles. The molecule has 5 aromatic rings. The number of methoxy groups -OCH3 is 1. The molecule has 1 N–H and O–H groups in total. The molecule has 8 atom stereocenters. The van der Waals surface area contributed by atoms with Crippen molar-refractivity contribution in [3.8, 4) is 5.75 Å². The Kier molecular flexibility index (Phi) is 18.5. The van der Waals surface area contributed by atoms with E-state index < -0.39 is 64.9 Å². The second-order valence-corrected chi connectivity index (χ2v) is 26.6. The number of ether oxygens (including phenoxy) is 4. The zero-order valence-corrected chi connectivity index (χ0v) is 43.3. The number of aliphatic hydroxyl groups is 1. The summed E-state index contributed by atoms with van der Waals surface area (Å²) in [6.45, 7) is 14.6. The number of aliphatic hydroxyl groups excluding tert-OH is 1. The minimum Gasteiger partial charge on any atom is -0.497 e. The molecule has 1 unspecified atom stereocenters. The number of ketones is 1. The molecular formula is C57H72O10SSi. The number of Topliss-reactive ketones (excluding diaryl/α,β-unsaturated/α-hetero) is 1. The van der Waals surface area contributed by atoms with Crippen molar-refractivity contribution < 1.29 is 46.5 Å². The number of benzene rings is 5. The first-order valence-electron chi connectivity index (χ1n) is 24.2. The zero-order valence-electron chi connectivity index (χ0n) is 41.5. The SMILES string of the molecule is COc1ccc(CO[C@H](C[C@@H](C)C(=O)C(C[C@@H]2C[C@H](OCc3ccccc3)[C@@H](C)[C@H](CC=O)O2)S(=O)(=O)c2ccccc2)C(C)(C)[C@H](O)CO[Si](c2ccccc2)(c2ccccc2)C(C)(C)C)cc1. The van der Waals surface area contributed by atoms with Crippen LogP contribution in [0.5, 0.6) is 5.75 Å². The molecule has 0 aromatic heterocycles. The van der Waals surface area contributed by atoms with E-state index in [2.05, 4.69) is 45.0 Å². The third kappa shape index (κ3) is 13.0. The number of carbonyl (C=O) groups excluding carboxylic acids is 2. The minimum atomic E-state index is -4.26. The highest BCUT2D eigenvalue weighted by Crippen LogP contribution is 2.40. The summed E-state index contributed by atoms with van der Waals surface area (Å²) >= 11 is 0. The van der Waals surface area contributed by atoms with Gasteiger partial charge < -0.3 is 33.3 Å². The summed E-state index contributed by atoms with van der Waals surface area (Å²) in [4.78, 5) is 27.1. The maximum Gasteiger partial charge on any atom is 0.261 e. The molecule has 0 spiro atoms. The van der Waals surface area contributed by atoms with Crippen LogP contribution in [0, 0.1) is 17.3 Å². The van der Waals surface area contributed by atoms with Gasteiger partial charge in [0, 0.05) is 30.1 Å². The molecule has 69 heavy (non-hydrogen) atoms. The van der Waals surface area contributed by atoms with Crippen LogP contribution in [0.2, 0.25) is 5.04 Å². The first-order valence-corrected chi connectivity index (χ1v) is 27.6. The van der Waals surface area contributed by atoms with Gasteiger partial charge in [-0.3, -0.25) is 4.79 Å². The van der Waals surface area contributed by atoms with Gasteiger partial charge in [-0.15, -0.1) is 0 Å². The molecule has 0 aliphatic carbocycles. The fourth-order valence-electron chi connectivity index (χ4n) is 9.72. The molecule has 0 radical (unpaired) electrons. The standard InChI is InChI=1S/C57H72O10SSi/c1-41(55(60)52(68(61,62)47-23-15-10-16-24-47)37-46-36-51(42(2)50(67-46)33-34-58)64-38-43-21-13-9-14-22-43)35-54(65-39-44-29-31-45(63-8)32-30-44)57(6,7)53(59)40-66-69(56(3,4)5,48-25-17-11-18-26-48)49-27-19-12-20-28-49/h9-32,34,41-42,46,50-54,59H,33,35-40H2,1-8H3/t41-,42+,46+,50+,51+,52?,53-,54-/m1/s1. The molecule has 5 aromatic carbocycles. The van der Waals surface area contributed by atoms with E-state index >= 15 is 4.79 Å². The number of aldehydes is 1. The van der Waals surface area contributed by atoms with Gasteiger partial charge >= 0.3 is 0 Å². The van der Waals surface area contributed by atoms with Crippen molar-refractivity contribution in [2.75, 3.05) is 13.7 Å². The van der Waals surface area contributed by atoms with Gasteiger partial charge in [0.15, 0.2) is 15.6 Å². The fraction of sp³-hybridized carbons (Fsp3) is 0.439. The predicted octanol–water partition coefficient (Wildman–Crippen LogP) is 9.34. The van der Waals surface area contributed by atoms with Crippen LogP contribution >= 0.6 is 0 Å². The van der Waals surface area contributed by atoms with Gasteiger partial charge in [0.2, 0.25) is 0 Å². The summed E-state index contributed by atoms with van der Waals surface area (Å²) in [7, 11) is -5.72. The summed E-state index contributed by atoms with van der Waals surface area (Å²) in [5.74, 6) is -0.801. The zero-order chi connectivity index (χ0) is 49.8. The fourth-order valence-corrected chi connectivity index (χ4v) is 16.2. The molecule has 6 rings (SSSR count). The molecule has 1 heterocycles. The van der Waals surface area contributed by atoms with E-state index in [0.29, 0.717) is 18.8 Å². The molecule has 0 amide bonds. The second kappa shape index (κ2) is 23.9. The van der Waals surface area contributed by atoms with Gasteiger partial charge in [0.05, 0.1) is 62.3 Å². The third-order valence-corrected chi connectivity index (χ3v) is 21.2. The summed E-state index contributed by atoms with van der Waals surface area (Å²) in [5.41, 5.74) is 0.823. The van der Waals surface area contributed by atoms with Crippen LogP contribution in [-0.4, -0.2) is 83.4 Å². The summed E-state index contributed by atoms with van der Waals surface area (Å²) in [5, 5.41) is 12.8. The summed E-state index contributed by atoms with van der Waals surface area (Å²) in [6, 6.07) is 45.8. The Bertz CT molecular complexity index is 2420. The van der Waals surface area contributed by atoms with Crippen molar-refractivity contribution in [3.63, 3.8) is 0 Å². The number of hydrogen-bond donors (Lipinski definition) is 1. The first kappa shape index (κ1) is 53.6. The molecule has 10 nitrogen and oxygen atoms in total. The van der Waals surface area contributed by atoms with E-state index in [1.165, 1.54) is 12.1 Å². The highest BCUT2D eigenvalue weighted by atomic mass is 32.2. The van der Waals surface area contributed by atoms with Crippen LogP contribution in [0.3, 0.4) is 0 Å². The van der Waals surface area contributed by atoms with Crippen LogP contribution in [0.4, 0.5) is 0 Å². The molecular weight excluding hydrogens is 905 g/mol. The molecule has 1 saturated heterocycles. The van der Waals surface area contributed by atoms with Gasteiger partial charge in [0.25, 0.3) is 8.32 Å². The lowest BCUT2D eigenvalue weighted by Gasteiger charge is -2.45. The normalized spacial score (nSPS) is 19.8. The molecule has 1 aliphatic rings. The third-order valence-electron chi connectivity index (χ3n) is 14.1. The molecule has 1 aliphatic heterocycles. The number of hydrogen-bond acceptors (Lipinski definition) is 10. The van der Waals surface area contributed by atoms with Crippen molar-refractivity contribution in [1.82, 2.24) is 0 Å². The Labute approximate surface area is 411 Å². The molecule has 370 valence electrons. The number of carbonyl (C=O) groups is 2. The largest absolute Gasteiger partial charge is 0.497 e. The van der Waals surface area contributed by atoms with E-state index in [-0.39, 0.29) is 54.4 Å². The van der Waals surface area contributed by atoms with E-state index in [1.54, 1.807) is 32.2 Å². The van der Waals surface area contributed by atoms with Crippen LogP contribution in [-0.2, 0) is 51.3 Å². The van der Waals surface area contributed by atoms with E-state index in [4.69, 9.17) is 23.4 Å². The summed E-state index contributed by atoms with van der Waals surface area (Å²) < 4.78 is 62.0. The van der Waals surface area contributed by atoms with Crippen molar-refractivity contribution in [3.05, 3.63) is 157 Å². The average Bonchev–Trinajstić information content (AvgIpc) is 3.35. The predicted molar refractivity (Wildman–Crippen MR) is 274 cm³/mol. The second-order valence-electron chi connectivity index (χ2n) is 20.2. The van der Waals surface area contributed by atoms with E-state index in [0.717, 1.165) is 27.8 Å². The van der Waals surface area contributed by atoms with Gasteiger partial charge in [0.1, 0.15) is 17.3 Å². The Morgan fingerprint density at radius 3 is 1.87 bits per heavy atom. The average molecular weight is 977 g/mol. The Balaban J connectivity index is 1.31. The lowest BCUT2D eigenvalue weighted by atomic mass is 9.76. The quantitative estimate of drug-likeness (QED) is 0.0471. The van der Waals surface area contributed by atoms with Gasteiger partial charge in [-0.05, 0) is 63.6 Å². The molecule has 1 fully saturated rings. The van der Waals surface area contributed by atoms with Crippen LogP contribution < -0.4 is 15.1 Å². The lowest BCUT2D eigenvalue weighted by Crippen LogP contribution is -2.67. The van der Waals surface area contributed by atoms with E-state index in [1.807, 2.05) is 112 Å². The highest BCUT2D eigenvalue weighted by molar-refractivity contribution is 7.92.